The number of fused-ring (bicyclic) bond motifs is 1. The average molecular weight is 275 g/mol. The van der Waals surface area contributed by atoms with Gasteiger partial charge in [-0.05, 0) is 25.0 Å². The SMILES string of the molecule is Cc1cccnc1N1CCc2ncnc(Cl)c2CC1. The Labute approximate surface area is 117 Å². The number of nitrogens with zero attached hydrogens (tertiary/aromatic N) is 4. The molecule has 0 aromatic carbocycles. The number of aryl methyl sites for hydroxylation is 1. The number of hydrogen-bond acceptors (Lipinski definition) is 4. The lowest BCUT2D eigenvalue weighted by Crippen LogP contribution is -2.27. The zero-order chi connectivity index (χ0) is 13.2. The summed E-state index contributed by atoms with van der Waals surface area (Å²) in [6, 6.07) is 4.06. The van der Waals surface area contributed by atoms with Crippen LogP contribution in [-0.2, 0) is 12.8 Å². The fraction of sp³-hybridized carbons (Fsp3) is 0.357. The van der Waals surface area contributed by atoms with Gasteiger partial charge in [0, 0.05) is 31.3 Å². The van der Waals surface area contributed by atoms with E-state index in [9.17, 15) is 0 Å². The van der Waals surface area contributed by atoms with E-state index in [2.05, 4.69) is 32.8 Å². The molecule has 2 aromatic heterocycles. The topological polar surface area (TPSA) is 41.9 Å². The zero-order valence-electron chi connectivity index (χ0n) is 10.8. The molecule has 1 aliphatic heterocycles. The highest BCUT2D eigenvalue weighted by atomic mass is 35.5. The lowest BCUT2D eigenvalue weighted by atomic mass is 10.1. The Balaban J connectivity index is 1.88. The Bertz CT molecular complexity index is 600. The maximum Gasteiger partial charge on any atom is 0.135 e. The third-order valence-corrected chi connectivity index (χ3v) is 3.84. The van der Waals surface area contributed by atoms with E-state index in [4.69, 9.17) is 11.6 Å². The maximum absolute atomic E-state index is 6.15. The summed E-state index contributed by atoms with van der Waals surface area (Å²) in [6.45, 7) is 3.91. The van der Waals surface area contributed by atoms with E-state index in [1.54, 1.807) is 6.33 Å². The molecule has 0 aliphatic carbocycles. The van der Waals surface area contributed by atoms with Crippen molar-refractivity contribution in [2.24, 2.45) is 0 Å². The molecule has 5 heteroatoms. The van der Waals surface area contributed by atoms with Gasteiger partial charge in [-0.25, -0.2) is 15.0 Å². The normalized spacial score (nSPS) is 14.9. The molecule has 0 radical (unpaired) electrons. The van der Waals surface area contributed by atoms with E-state index in [0.717, 1.165) is 43.0 Å². The highest BCUT2D eigenvalue weighted by molar-refractivity contribution is 6.30. The molecule has 0 atom stereocenters. The fourth-order valence-corrected chi connectivity index (χ4v) is 2.75. The van der Waals surface area contributed by atoms with Gasteiger partial charge in [-0.1, -0.05) is 17.7 Å². The largest absolute Gasteiger partial charge is 0.356 e. The maximum atomic E-state index is 6.15. The van der Waals surface area contributed by atoms with Crippen molar-refractivity contribution in [2.75, 3.05) is 18.0 Å². The predicted octanol–water partition coefficient (Wildman–Crippen LogP) is 2.44. The number of halogens is 1. The minimum Gasteiger partial charge on any atom is -0.356 e. The van der Waals surface area contributed by atoms with E-state index in [1.165, 1.54) is 5.56 Å². The molecule has 0 unspecified atom stereocenters. The second kappa shape index (κ2) is 5.13. The van der Waals surface area contributed by atoms with Gasteiger partial charge in [0.15, 0.2) is 0 Å². The first-order valence-electron chi connectivity index (χ1n) is 6.40. The van der Waals surface area contributed by atoms with Gasteiger partial charge < -0.3 is 4.90 Å². The molecule has 19 heavy (non-hydrogen) atoms. The highest BCUT2D eigenvalue weighted by Gasteiger charge is 2.19. The van der Waals surface area contributed by atoms with Crippen molar-refractivity contribution in [2.45, 2.75) is 19.8 Å². The number of anilines is 1. The molecule has 4 nitrogen and oxygen atoms in total. The Hall–Kier alpha value is -1.68. The minimum absolute atomic E-state index is 0.588. The zero-order valence-corrected chi connectivity index (χ0v) is 11.6. The first kappa shape index (κ1) is 12.4. The van der Waals surface area contributed by atoms with Crippen molar-refractivity contribution in [1.82, 2.24) is 15.0 Å². The molecule has 3 rings (SSSR count). The van der Waals surface area contributed by atoms with Gasteiger partial charge >= 0.3 is 0 Å². The van der Waals surface area contributed by atoms with E-state index < -0.39 is 0 Å². The van der Waals surface area contributed by atoms with Gasteiger partial charge in [-0.15, -0.1) is 0 Å². The highest BCUT2D eigenvalue weighted by Crippen LogP contribution is 2.23. The molecule has 0 bridgehead atoms. The summed E-state index contributed by atoms with van der Waals surface area (Å²) < 4.78 is 0. The Kier molecular flexibility index (Phi) is 3.34. The summed E-state index contributed by atoms with van der Waals surface area (Å²) in [4.78, 5) is 15.2. The summed E-state index contributed by atoms with van der Waals surface area (Å²) in [5.41, 5.74) is 3.35. The third-order valence-electron chi connectivity index (χ3n) is 3.51. The fourth-order valence-electron chi connectivity index (χ4n) is 2.51. The molecule has 0 saturated carbocycles. The van der Waals surface area contributed by atoms with Crippen LogP contribution in [0, 0.1) is 6.92 Å². The molecule has 98 valence electrons. The first-order chi connectivity index (χ1) is 9.25. The van der Waals surface area contributed by atoms with Crippen LogP contribution in [0.2, 0.25) is 5.15 Å². The van der Waals surface area contributed by atoms with Gasteiger partial charge in [-0.3, -0.25) is 0 Å². The van der Waals surface area contributed by atoms with Gasteiger partial charge in [0.05, 0.1) is 5.69 Å². The average Bonchev–Trinajstić information content (AvgIpc) is 2.63. The van der Waals surface area contributed by atoms with Gasteiger partial charge in [0.1, 0.15) is 17.3 Å². The van der Waals surface area contributed by atoms with Crippen LogP contribution in [-0.4, -0.2) is 28.0 Å². The van der Waals surface area contributed by atoms with E-state index in [1.807, 2.05) is 12.3 Å². The molecule has 2 aromatic rings. The van der Waals surface area contributed by atoms with Crippen LogP contribution in [0.1, 0.15) is 16.8 Å². The monoisotopic (exact) mass is 274 g/mol. The lowest BCUT2D eigenvalue weighted by molar-refractivity contribution is 0.783. The third kappa shape index (κ3) is 2.40. The van der Waals surface area contributed by atoms with Crippen molar-refractivity contribution < 1.29 is 0 Å². The van der Waals surface area contributed by atoms with Crippen LogP contribution in [0.3, 0.4) is 0 Å². The molecular weight excluding hydrogens is 260 g/mol. The van der Waals surface area contributed by atoms with Crippen LogP contribution in [0.25, 0.3) is 0 Å². The number of hydrogen-bond donors (Lipinski definition) is 0. The van der Waals surface area contributed by atoms with Crippen molar-refractivity contribution in [3.63, 3.8) is 0 Å². The number of pyridine rings is 1. The smallest absolute Gasteiger partial charge is 0.135 e. The lowest BCUT2D eigenvalue weighted by Gasteiger charge is -2.22. The van der Waals surface area contributed by atoms with E-state index >= 15 is 0 Å². The molecule has 1 aliphatic rings. The Morgan fingerprint density at radius 3 is 2.84 bits per heavy atom. The summed E-state index contributed by atoms with van der Waals surface area (Å²) in [6.07, 6.45) is 5.13. The Morgan fingerprint density at radius 2 is 2.00 bits per heavy atom. The van der Waals surface area contributed by atoms with Crippen molar-refractivity contribution in [3.05, 3.63) is 46.6 Å². The number of rotatable bonds is 1. The van der Waals surface area contributed by atoms with Crippen LogP contribution in [0.4, 0.5) is 5.82 Å². The van der Waals surface area contributed by atoms with E-state index in [0.29, 0.717) is 5.15 Å². The van der Waals surface area contributed by atoms with Crippen LogP contribution in [0.15, 0.2) is 24.7 Å². The standard InChI is InChI=1S/C14H15ClN4/c1-10-3-2-6-16-14(10)19-7-4-11-12(5-8-19)17-9-18-13(11)15/h2-3,6,9H,4-5,7-8H2,1H3. The quantitative estimate of drug-likeness (QED) is 0.749. The molecule has 0 N–H and O–H groups in total. The summed E-state index contributed by atoms with van der Waals surface area (Å²) in [7, 11) is 0. The summed E-state index contributed by atoms with van der Waals surface area (Å²) in [5, 5.41) is 0.588. The van der Waals surface area contributed by atoms with Crippen LogP contribution >= 0.6 is 11.6 Å². The van der Waals surface area contributed by atoms with Crippen LogP contribution in [0.5, 0.6) is 0 Å². The van der Waals surface area contributed by atoms with E-state index in [-0.39, 0.29) is 0 Å². The predicted molar refractivity (Wildman–Crippen MR) is 75.6 cm³/mol. The van der Waals surface area contributed by atoms with Gasteiger partial charge in [0.25, 0.3) is 0 Å². The summed E-state index contributed by atoms with van der Waals surface area (Å²) >= 11 is 6.15. The van der Waals surface area contributed by atoms with Crippen molar-refractivity contribution in [3.8, 4) is 0 Å². The summed E-state index contributed by atoms with van der Waals surface area (Å²) in [5.74, 6) is 1.05. The molecule has 3 heterocycles. The molecular formula is C14H15ClN4. The second-order valence-corrected chi connectivity index (χ2v) is 5.08. The van der Waals surface area contributed by atoms with Crippen LogP contribution < -0.4 is 4.90 Å². The molecule has 0 spiro atoms. The molecule has 0 fully saturated rings. The Morgan fingerprint density at radius 1 is 1.16 bits per heavy atom. The first-order valence-corrected chi connectivity index (χ1v) is 6.78. The molecule has 0 saturated heterocycles. The van der Waals surface area contributed by atoms with Crippen molar-refractivity contribution >= 4 is 17.4 Å². The van der Waals surface area contributed by atoms with Gasteiger partial charge in [-0.2, -0.15) is 0 Å². The minimum atomic E-state index is 0.588. The van der Waals surface area contributed by atoms with Crippen molar-refractivity contribution in [1.29, 1.82) is 0 Å². The number of aromatic nitrogens is 3. The second-order valence-electron chi connectivity index (χ2n) is 4.72. The van der Waals surface area contributed by atoms with Gasteiger partial charge in [0.2, 0.25) is 0 Å². The molecule has 0 amide bonds.